The minimum atomic E-state index is -4.88. The number of benzene rings is 1. The van der Waals surface area contributed by atoms with Crippen LogP contribution in [0.5, 0.6) is 5.75 Å². The molecule has 2 rings (SSSR count). The molecule has 5 nitrogen and oxygen atoms in total. The molecule has 0 saturated carbocycles. The maximum Gasteiger partial charge on any atom is 0.573 e. The molecule has 0 amide bonds. The molecule has 0 aliphatic rings. The Balaban J connectivity index is 2.13. The number of rotatable bonds is 5. The lowest BCUT2D eigenvalue weighted by Gasteiger charge is -2.10. The molecular weight excluding hydrogens is 341 g/mol. The van der Waals surface area contributed by atoms with Crippen LogP contribution >= 0.6 is 11.3 Å². The fourth-order valence-electron chi connectivity index (χ4n) is 1.58. The molecule has 120 valence electrons. The second-order valence-electron chi connectivity index (χ2n) is 4.21. The van der Waals surface area contributed by atoms with Gasteiger partial charge in [-0.1, -0.05) is 6.07 Å². The van der Waals surface area contributed by atoms with Gasteiger partial charge in [0.25, 0.3) is 0 Å². The molecule has 0 fully saturated rings. The molecule has 22 heavy (non-hydrogen) atoms. The third kappa shape index (κ3) is 4.68. The second kappa shape index (κ2) is 6.23. The number of sulfonamides is 1. The van der Waals surface area contributed by atoms with Gasteiger partial charge in [0.1, 0.15) is 5.75 Å². The van der Waals surface area contributed by atoms with Crippen molar-refractivity contribution in [1.29, 1.82) is 0 Å². The highest BCUT2D eigenvalue weighted by atomic mass is 32.2. The van der Waals surface area contributed by atoms with Crippen LogP contribution in [-0.4, -0.2) is 19.8 Å². The van der Waals surface area contributed by atoms with Crippen molar-refractivity contribution in [3.05, 3.63) is 40.3 Å². The van der Waals surface area contributed by atoms with Crippen LogP contribution in [0.4, 0.5) is 13.2 Å². The topological polar surface area (TPSA) is 68.3 Å². The summed E-state index contributed by atoms with van der Waals surface area (Å²) in [5, 5.41) is 2.48. The van der Waals surface area contributed by atoms with E-state index in [4.69, 9.17) is 0 Å². The zero-order valence-corrected chi connectivity index (χ0v) is 12.8. The van der Waals surface area contributed by atoms with Crippen molar-refractivity contribution in [2.75, 3.05) is 0 Å². The van der Waals surface area contributed by atoms with Crippen molar-refractivity contribution in [2.45, 2.75) is 24.7 Å². The van der Waals surface area contributed by atoms with E-state index in [9.17, 15) is 21.6 Å². The Bertz CT molecular complexity index is 757. The van der Waals surface area contributed by atoms with Gasteiger partial charge in [0.15, 0.2) is 0 Å². The van der Waals surface area contributed by atoms with Gasteiger partial charge in [-0.05, 0) is 19.1 Å². The van der Waals surface area contributed by atoms with Gasteiger partial charge in [-0.3, -0.25) is 0 Å². The average molecular weight is 352 g/mol. The van der Waals surface area contributed by atoms with Gasteiger partial charge in [0, 0.05) is 11.4 Å². The highest BCUT2D eigenvalue weighted by Gasteiger charge is 2.31. The molecule has 0 aliphatic carbocycles. The average Bonchev–Trinajstić information content (AvgIpc) is 2.81. The summed E-state index contributed by atoms with van der Waals surface area (Å²) in [4.78, 5) is 3.77. The predicted molar refractivity (Wildman–Crippen MR) is 74.0 cm³/mol. The van der Waals surface area contributed by atoms with Crippen LogP contribution in [0.2, 0.25) is 0 Å². The first-order chi connectivity index (χ1) is 10.2. The quantitative estimate of drug-likeness (QED) is 0.898. The predicted octanol–water partition coefficient (Wildman–Crippen LogP) is 2.83. The summed E-state index contributed by atoms with van der Waals surface area (Å²) in [6.07, 6.45) is -4.88. The standard InChI is InChI=1S/C12H11F3N2O3S2/c1-8-17-9(7-21-8)6-16-22(18,19)11-4-2-3-10(5-11)20-12(13,14)15/h2-5,7,16H,6H2,1H3. The van der Waals surface area contributed by atoms with Crippen molar-refractivity contribution in [3.63, 3.8) is 0 Å². The Morgan fingerprint density at radius 3 is 2.68 bits per heavy atom. The number of hydrogen-bond acceptors (Lipinski definition) is 5. The molecule has 10 heteroatoms. The van der Waals surface area contributed by atoms with Crippen LogP contribution in [0.1, 0.15) is 10.7 Å². The third-order valence-corrected chi connectivity index (χ3v) is 4.68. The van der Waals surface area contributed by atoms with Gasteiger partial charge in [-0.2, -0.15) is 0 Å². The summed E-state index contributed by atoms with van der Waals surface area (Å²) in [7, 11) is -3.96. The van der Waals surface area contributed by atoms with Crippen LogP contribution in [0, 0.1) is 6.92 Å². The van der Waals surface area contributed by atoms with E-state index in [-0.39, 0.29) is 11.4 Å². The summed E-state index contributed by atoms with van der Waals surface area (Å²) in [6, 6.07) is 4.18. The normalized spacial score (nSPS) is 12.4. The van der Waals surface area contributed by atoms with Gasteiger partial charge < -0.3 is 4.74 Å². The van der Waals surface area contributed by atoms with Gasteiger partial charge in [0.2, 0.25) is 10.0 Å². The maximum absolute atomic E-state index is 12.1. The number of hydrogen-bond donors (Lipinski definition) is 1. The van der Waals surface area contributed by atoms with Crippen molar-refractivity contribution in [1.82, 2.24) is 9.71 Å². The fourth-order valence-corrected chi connectivity index (χ4v) is 3.23. The van der Waals surface area contributed by atoms with Crippen molar-refractivity contribution in [3.8, 4) is 5.75 Å². The smallest absolute Gasteiger partial charge is 0.406 e. The van der Waals surface area contributed by atoms with E-state index >= 15 is 0 Å². The monoisotopic (exact) mass is 352 g/mol. The number of ether oxygens (including phenoxy) is 1. The molecule has 0 atom stereocenters. The Labute approximate surface area is 128 Å². The Hall–Kier alpha value is -1.65. The molecule has 2 aromatic rings. The van der Waals surface area contributed by atoms with Crippen LogP contribution in [-0.2, 0) is 16.6 Å². The first-order valence-electron chi connectivity index (χ1n) is 5.92. The summed E-state index contributed by atoms with van der Waals surface area (Å²) >= 11 is 1.37. The fraction of sp³-hybridized carbons (Fsp3) is 0.250. The zero-order chi connectivity index (χ0) is 16.4. The molecule has 0 saturated heterocycles. The minimum Gasteiger partial charge on any atom is -0.406 e. The summed E-state index contributed by atoms with van der Waals surface area (Å²) in [5.74, 6) is -0.597. The maximum atomic E-state index is 12.1. The summed E-state index contributed by atoms with van der Waals surface area (Å²) in [5.41, 5.74) is 0.536. The highest BCUT2D eigenvalue weighted by molar-refractivity contribution is 7.89. The van der Waals surface area contributed by atoms with Crippen LogP contribution in [0.3, 0.4) is 0 Å². The van der Waals surface area contributed by atoms with E-state index in [2.05, 4.69) is 14.4 Å². The van der Waals surface area contributed by atoms with Crippen LogP contribution < -0.4 is 9.46 Å². The molecule has 0 bridgehead atoms. The number of aryl methyl sites for hydroxylation is 1. The minimum absolute atomic E-state index is 0.0446. The number of nitrogens with zero attached hydrogens (tertiary/aromatic N) is 1. The molecular formula is C12H11F3N2O3S2. The van der Waals surface area contributed by atoms with E-state index in [1.54, 1.807) is 12.3 Å². The van der Waals surface area contributed by atoms with Gasteiger partial charge in [-0.15, -0.1) is 24.5 Å². The molecule has 1 aromatic carbocycles. The largest absolute Gasteiger partial charge is 0.573 e. The SMILES string of the molecule is Cc1nc(CNS(=O)(=O)c2cccc(OC(F)(F)F)c2)cs1. The zero-order valence-electron chi connectivity index (χ0n) is 11.2. The first-order valence-corrected chi connectivity index (χ1v) is 8.28. The van der Waals surface area contributed by atoms with E-state index in [0.29, 0.717) is 5.69 Å². The number of alkyl halides is 3. The highest BCUT2D eigenvalue weighted by Crippen LogP contribution is 2.24. The van der Waals surface area contributed by atoms with Crippen molar-refractivity contribution in [2.24, 2.45) is 0 Å². The molecule has 0 spiro atoms. The Morgan fingerprint density at radius 1 is 1.36 bits per heavy atom. The molecule has 0 unspecified atom stereocenters. The van der Waals surface area contributed by atoms with E-state index in [1.807, 2.05) is 0 Å². The molecule has 1 aromatic heterocycles. The lowest BCUT2D eigenvalue weighted by molar-refractivity contribution is -0.274. The van der Waals surface area contributed by atoms with E-state index in [0.717, 1.165) is 17.1 Å². The summed E-state index contributed by atoms with van der Waals surface area (Å²) < 4.78 is 66.5. The van der Waals surface area contributed by atoms with Gasteiger partial charge in [0.05, 0.1) is 22.1 Å². The molecule has 0 aliphatic heterocycles. The number of halogens is 3. The molecule has 0 radical (unpaired) electrons. The second-order valence-corrected chi connectivity index (χ2v) is 7.03. The lowest BCUT2D eigenvalue weighted by Crippen LogP contribution is -2.23. The van der Waals surface area contributed by atoms with Crippen LogP contribution in [0.25, 0.3) is 0 Å². The van der Waals surface area contributed by atoms with E-state index in [1.165, 1.54) is 23.5 Å². The summed E-state index contributed by atoms with van der Waals surface area (Å²) in [6.45, 7) is 1.73. The van der Waals surface area contributed by atoms with Gasteiger partial charge in [-0.25, -0.2) is 18.1 Å². The Morgan fingerprint density at radius 2 is 2.09 bits per heavy atom. The Kier molecular flexibility index (Phi) is 4.73. The van der Waals surface area contributed by atoms with Gasteiger partial charge >= 0.3 is 6.36 Å². The number of aromatic nitrogens is 1. The van der Waals surface area contributed by atoms with Crippen molar-refractivity contribution >= 4 is 21.4 Å². The molecule has 1 heterocycles. The number of thiazole rings is 1. The van der Waals surface area contributed by atoms with Crippen LogP contribution in [0.15, 0.2) is 34.5 Å². The van der Waals surface area contributed by atoms with E-state index < -0.39 is 22.1 Å². The lowest BCUT2D eigenvalue weighted by atomic mass is 10.3. The first kappa shape index (κ1) is 16.7. The third-order valence-electron chi connectivity index (χ3n) is 2.46. The van der Waals surface area contributed by atoms with Crippen molar-refractivity contribution < 1.29 is 26.3 Å². The number of nitrogens with one attached hydrogen (secondary N) is 1. The molecule has 1 N–H and O–H groups in total.